The van der Waals surface area contributed by atoms with Gasteiger partial charge in [0.2, 0.25) is 5.28 Å². The van der Waals surface area contributed by atoms with E-state index in [1.54, 1.807) is 6.20 Å². The molecule has 0 aliphatic heterocycles. The molecule has 3 nitrogen and oxygen atoms in total. The molecule has 0 radical (unpaired) electrons. The Kier molecular flexibility index (Phi) is 4.47. The first-order valence-electron chi connectivity index (χ1n) is 6.89. The van der Waals surface area contributed by atoms with E-state index >= 15 is 0 Å². The van der Waals surface area contributed by atoms with Crippen LogP contribution in [0.5, 0.6) is 0 Å². The molecule has 0 bridgehead atoms. The molecule has 0 aliphatic rings. The summed E-state index contributed by atoms with van der Waals surface area (Å²) in [6.07, 6.45) is 5.69. The van der Waals surface area contributed by atoms with Gasteiger partial charge in [0.1, 0.15) is 5.82 Å². The van der Waals surface area contributed by atoms with Gasteiger partial charge in [-0.2, -0.15) is 4.98 Å². The zero-order valence-corrected chi connectivity index (χ0v) is 12.5. The normalized spacial score (nSPS) is 10.8. The smallest absolute Gasteiger partial charge is 0.224 e. The molecular weight excluding hydrogens is 294 g/mol. The van der Waals surface area contributed by atoms with Crippen molar-refractivity contribution in [1.29, 1.82) is 0 Å². The standard InChI is InChI=1S/C18H14ClN3/c19-18-20-13-15(12-11-14-7-3-1-4-8-14)17(22-18)21-16-9-5-2-6-10-16/h1-13H,(H,20,21,22). The van der Waals surface area contributed by atoms with Crippen LogP contribution in [-0.2, 0) is 0 Å². The van der Waals surface area contributed by atoms with Gasteiger partial charge < -0.3 is 5.32 Å². The number of para-hydroxylation sites is 1. The minimum absolute atomic E-state index is 0.218. The quantitative estimate of drug-likeness (QED) is 0.686. The molecule has 1 N–H and O–H groups in total. The van der Waals surface area contributed by atoms with E-state index < -0.39 is 0 Å². The maximum absolute atomic E-state index is 5.91. The molecule has 0 fully saturated rings. The largest absolute Gasteiger partial charge is 0.340 e. The van der Waals surface area contributed by atoms with Crippen molar-refractivity contribution in [1.82, 2.24) is 9.97 Å². The van der Waals surface area contributed by atoms with E-state index in [0.717, 1.165) is 16.8 Å². The lowest BCUT2D eigenvalue weighted by Crippen LogP contribution is -1.98. The van der Waals surface area contributed by atoms with Gasteiger partial charge in [-0.25, -0.2) is 4.98 Å². The molecule has 3 rings (SSSR count). The fraction of sp³-hybridized carbons (Fsp3) is 0. The first-order valence-corrected chi connectivity index (χ1v) is 7.27. The summed E-state index contributed by atoms with van der Waals surface area (Å²) in [6, 6.07) is 19.9. The Hall–Kier alpha value is -2.65. The first-order chi connectivity index (χ1) is 10.8. The minimum Gasteiger partial charge on any atom is -0.340 e. The molecule has 0 saturated heterocycles. The van der Waals surface area contributed by atoms with Gasteiger partial charge >= 0.3 is 0 Å². The number of nitrogens with one attached hydrogen (secondary N) is 1. The maximum Gasteiger partial charge on any atom is 0.224 e. The van der Waals surface area contributed by atoms with Gasteiger partial charge in [0.25, 0.3) is 0 Å². The van der Waals surface area contributed by atoms with E-state index in [-0.39, 0.29) is 5.28 Å². The lowest BCUT2D eigenvalue weighted by atomic mass is 10.2. The first kappa shape index (κ1) is 14.3. The van der Waals surface area contributed by atoms with E-state index in [4.69, 9.17) is 11.6 Å². The number of rotatable bonds is 4. The third kappa shape index (κ3) is 3.71. The predicted octanol–water partition coefficient (Wildman–Crippen LogP) is 5.04. The fourth-order valence-corrected chi connectivity index (χ4v) is 2.13. The zero-order valence-electron chi connectivity index (χ0n) is 11.8. The van der Waals surface area contributed by atoms with Crippen LogP contribution in [0.15, 0.2) is 66.9 Å². The molecule has 0 aliphatic carbocycles. The molecule has 0 unspecified atom stereocenters. The summed E-state index contributed by atoms with van der Waals surface area (Å²) >= 11 is 5.91. The molecule has 1 heterocycles. The second-order valence-corrected chi connectivity index (χ2v) is 5.02. The van der Waals surface area contributed by atoms with Crippen LogP contribution < -0.4 is 5.32 Å². The average Bonchev–Trinajstić information content (AvgIpc) is 2.56. The van der Waals surface area contributed by atoms with Crippen LogP contribution in [0, 0.1) is 0 Å². The Labute approximate surface area is 134 Å². The van der Waals surface area contributed by atoms with Gasteiger partial charge in [-0.3, -0.25) is 0 Å². The molecule has 1 aromatic heterocycles. The van der Waals surface area contributed by atoms with E-state index in [1.807, 2.05) is 72.8 Å². The molecule has 0 saturated carbocycles. The van der Waals surface area contributed by atoms with Crippen molar-refractivity contribution in [3.05, 3.63) is 83.3 Å². The summed E-state index contributed by atoms with van der Waals surface area (Å²) in [7, 11) is 0. The summed E-state index contributed by atoms with van der Waals surface area (Å²) in [4.78, 5) is 8.33. The molecule has 0 atom stereocenters. The van der Waals surface area contributed by atoms with Gasteiger partial charge in [0.05, 0.1) is 0 Å². The van der Waals surface area contributed by atoms with Gasteiger partial charge in [0.15, 0.2) is 0 Å². The second kappa shape index (κ2) is 6.87. The fourth-order valence-electron chi connectivity index (χ4n) is 2.00. The van der Waals surface area contributed by atoms with Crippen molar-refractivity contribution in [3.63, 3.8) is 0 Å². The molecule has 0 spiro atoms. The Morgan fingerprint density at radius 3 is 2.27 bits per heavy atom. The van der Waals surface area contributed by atoms with Crippen LogP contribution in [0.25, 0.3) is 12.2 Å². The molecule has 108 valence electrons. The molecule has 2 aromatic carbocycles. The highest BCUT2D eigenvalue weighted by Crippen LogP contribution is 2.21. The van der Waals surface area contributed by atoms with E-state index in [0.29, 0.717) is 5.82 Å². The van der Waals surface area contributed by atoms with Crippen LogP contribution >= 0.6 is 11.6 Å². The Morgan fingerprint density at radius 1 is 0.864 bits per heavy atom. The molecule has 0 amide bonds. The Morgan fingerprint density at radius 2 is 1.55 bits per heavy atom. The Balaban J connectivity index is 1.89. The number of aromatic nitrogens is 2. The number of anilines is 2. The van der Waals surface area contributed by atoms with E-state index in [9.17, 15) is 0 Å². The second-order valence-electron chi connectivity index (χ2n) is 4.68. The number of benzene rings is 2. The molecule has 4 heteroatoms. The van der Waals surface area contributed by atoms with Gasteiger partial charge in [-0.1, -0.05) is 54.6 Å². The summed E-state index contributed by atoms with van der Waals surface area (Å²) in [6.45, 7) is 0. The third-order valence-corrected chi connectivity index (χ3v) is 3.26. The predicted molar refractivity (Wildman–Crippen MR) is 92.1 cm³/mol. The van der Waals surface area contributed by atoms with Crippen molar-refractivity contribution in [2.24, 2.45) is 0 Å². The topological polar surface area (TPSA) is 37.8 Å². The number of hydrogen-bond acceptors (Lipinski definition) is 3. The summed E-state index contributed by atoms with van der Waals surface area (Å²) in [5.74, 6) is 0.679. The number of hydrogen-bond donors (Lipinski definition) is 1. The van der Waals surface area contributed by atoms with Gasteiger partial charge in [0, 0.05) is 17.4 Å². The lowest BCUT2D eigenvalue weighted by Gasteiger charge is -2.08. The van der Waals surface area contributed by atoms with Crippen molar-refractivity contribution >= 4 is 35.3 Å². The Bertz CT molecular complexity index is 771. The summed E-state index contributed by atoms with van der Waals surface area (Å²) < 4.78 is 0. The van der Waals surface area contributed by atoms with Crippen molar-refractivity contribution in [3.8, 4) is 0 Å². The SMILES string of the molecule is Clc1ncc(C=Cc2ccccc2)c(Nc2ccccc2)n1. The van der Waals surface area contributed by atoms with Gasteiger partial charge in [-0.15, -0.1) is 0 Å². The van der Waals surface area contributed by atoms with Gasteiger partial charge in [-0.05, 0) is 35.4 Å². The summed E-state index contributed by atoms with van der Waals surface area (Å²) in [5, 5.41) is 3.48. The van der Waals surface area contributed by atoms with E-state index in [2.05, 4.69) is 15.3 Å². The van der Waals surface area contributed by atoms with Crippen LogP contribution in [0.4, 0.5) is 11.5 Å². The number of nitrogens with zero attached hydrogens (tertiary/aromatic N) is 2. The maximum atomic E-state index is 5.91. The average molecular weight is 308 g/mol. The highest BCUT2D eigenvalue weighted by molar-refractivity contribution is 6.28. The highest BCUT2D eigenvalue weighted by Gasteiger charge is 2.04. The van der Waals surface area contributed by atoms with Crippen LogP contribution in [-0.4, -0.2) is 9.97 Å². The lowest BCUT2D eigenvalue weighted by molar-refractivity contribution is 1.16. The van der Waals surface area contributed by atoms with Crippen LogP contribution in [0.3, 0.4) is 0 Å². The summed E-state index contributed by atoms with van der Waals surface area (Å²) in [5.41, 5.74) is 2.94. The monoisotopic (exact) mass is 307 g/mol. The van der Waals surface area contributed by atoms with Crippen molar-refractivity contribution in [2.45, 2.75) is 0 Å². The minimum atomic E-state index is 0.218. The zero-order chi connectivity index (χ0) is 15.2. The molecule has 22 heavy (non-hydrogen) atoms. The van der Waals surface area contributed by atoms with Crippen LogP contribution in [0.1, 0.15) is 11.1 Å². The highest BCUT2D eigenvalue weighted by atomic mass is 35.5. The number of halogens is 1. The molecular formula is C18H14ClN3. The third-order valence-electron chi connectivity index (χ3n) is 3.08. The van der Waals surface area contributed by atoms with E-state index in [1.165, 1.54) is 0 Å². The molecule has 3 aromatic rings. The van der Waals surface area contributed by atoms with Crippen molar-refractivity contribution < 1.29 is 0 Å². The van der Waals surface area contributed by atoms with Crippen molar-refractivity contribution in [2.75, 3.05) is 5.32 Å². The van der Waals surface area contributed by atoms with Crippen LogP contribution in [0.2, 0.25) is 5.28 Å².